The second-order valence-electron chi connectivity index (χ2n) is 2.69. The number of hydrogen-bond acceptors (Lipinski definition) is 3. The van der Waals surface area contributed by atoms with Gasteiger partial charge in [0.25, 0.3) is 0 Å². The molecule has 0 aliphatic heterocycles. The minimum absolute atomic E-state index is 0.102. The van der Waals surface area contributed by atoms with Crippen molar-refractivity contribution in [1.82, 2.24) is 10.2 Å². The topological polar surface area (TPSA) is 60.9 Å². The molecular weight excluding hydrogens is 166 g/mol. The van der Waals surface area contributed by atoms with Gasteiger partial charge in [0.1, 0.15) is 0 Å². The Balaban J connectivity index is 2.35. The molecule has 1 aromatic heterocycles. The third-order valence-electron chi connectivity index (χ3n) is 1.81. The lowest BCUT2D eigenvalue weighted by molar-refractivity contribution is 0.311. The van der Waals surface area contributed by atoms with Gasteiger partial charge in [-0.2, -0.15) is 5.10 Å². The van der Waals surface area contributed by atoms with Gasteiger partial charge in [-0.25, -0.2) is 0 Å². The molecule has 0 spiro atoms. The number of anilines is 1. The Labute approximate surface area is 75.6 Å². The highest BCUT2D eigenvalue weighted by Gasteiger charge is 2.02. The molecule has 0 aliphatic carbocycles. The average molecular weight is 176 g/mol. The number of aliphatic hydroxyl groups excluding tert-OH is 1. The number of aliphatic hydroxyl groups is 1. The maximum Gasteiger partial charge on any atom is 0.155 e. The highest BCUT2D eigenvalue weighted by molar-refractivity contribution is 5.89. The van der Waals surface area contributed by atoms with E-state index in [1.165, 1.54) is 0 Å². The van der Waals surface area contributed by atoms with Gasteiger partial charge in [-0.3, -0.25) is 5.10 Å². The lowest BCUT2D eigenvalue weighted by Crippen LogP contribution is -2.05. The van der Waals surface area contributed by atoms with E-state index in [9.17, 15) is 0 Å². The third-order valence-corrected chi connectivity index (χ3v) is 1.81. The molecule has 13 heavy (non-hydrogen) atoms. The molecule has 0 aliphatic rings. The van der Waals surface area contributed by atoms with E-state index in [2.05, 4.69) is 21.6 Å². The zero-order chi connectivity index (χ0) is 9.10. The molecule has 0 saturated heterocycles. The number of aromatic amines is 1. The number of nitrogens with zero attached hydrogens (tertiary/aromatic N) is 1. The van der Waals surface area contributed by atoms with Gasteiger partial charge in [0.05, 0.1) is 12.1 Å². The zero-order valence-electron chi connectivity index (χ0n) is 7.04. The number of H-pyrrole nitrogens is 1. The summed E-state index contributed by atoms with van der Waals surface area (Å²) in [4.78, 5) is 0. The largest absolute Gasteiger partial charge is 0.395 e. The van der Waals surface area contributed by atoms with Crippen LogP contribution >= 0.6 is 0 Å². The van der Waals surface area contributed by atoms with E-state index in [0.717, 1.165) is 16.7 Å². The molecule has 67 valence electrons. The predicted molar refractivity (Wildman–Crippen MR) is 50.5 cm³/mol. The fraction of sp³-hybridized carbons (Fsp3) is 0.222. The predicted octanol–water partition coefficient (Wildman–Crippen LogP) is 0.767. The number of aromatic nitrogens is 2. The van der Waals surface area contributed by atoms with Crippen LogP contribution in [0.4, 0.5) is 5.82 Å². The molecular formula is C9H10N3O. The van der Waals surface area contributed by atoms with Gasteiger partial charge in [-0.05, 0) is 18.2 Å². The molecule has 0 bridgehead atoms. The fourth-order valence-corrected chi connectivity index (χ4v) is 1.21. The van der Waals surface area contributed by atoms with E-state index >= 15 is 0 Å². The Hall–Kier alpha value is -1.55. The highest BCUT2D eigenvalue weighted by Crippen LogP contribution is 2.18. The summed E-state index contributed by atoms with van der Waals surface area (Å²) in [6.45, 7) is 0.611. The van der Waals surface area contributed by atoms with E-state index in [4.69, 9.17) is 5.11 Å². The summed E-state index contributed by atoms with van der Waals surface area (Å²) in [5, 5.41) is 19.6. The molecule has 2 aromatic rings. The summed E-state index contributed by atoms with van der Waals surface area (Å²) < 4.78 is 0. The minimum Gasteiger partial charge on any atom is -0.395 e. The third kappa shape index (κ3) is 1.48. The summed E-state index contributed by atoms with van der Waals surface area (Å²) in [7, 11) is 0. The fourth-order valence-electron chi connectivity index (χ4n) is 1.21. The highest BCUT2D eigenvalue weighted by atomic mass is 16.3. The quantitative estimate of drug-likeness (QED) is 0.647. The normalized spacial score (nSPS) is 10.5. The van der Waals surface area contributed by atoms with Crippen LogP contribution in [0.1, 0.15) is 0 Å². The van der Waals surface area contributed by atoms with Crippen molar-refractivity contribution >= 4 is 16.7 Å². The van der Waals surface area contributed by atoms with E-state index in [1.807, 2.05) is 18.2 Å². The number of nitrogens with one attached hydrogen (secondary N) is 2. The Kier molecular flexibility index (Phi) is 2.14. The molecule has 0 fully saturated rings. The molecule has 1 radical (unpaired) electrons. The van der Waals surface area contributed by atoms with Gasteiger partial charge in [0.2, 0.25) is 0 Å². The van der Waals surface area contributed by atoms with Crippen LogP contribution in [0.15, 0.2) is 18.2 Å². The molecule has 4 heteroatoms. The number of hydrogen-bond donors (Lipinski definition) is 3. The van der Waals surface area contributed by atoms with Gasteiger partial charge in [0.15, 0.2) is 5.82 Å². The van der Waals surface area contributed by atoms with Crippen molar-refractivity contribution in [3.63, 3.8) is 0 Å². The smallest absolute Gasteiger partial charge is 0.155 e. The number of rotatable bonds is 3. The molecule has 1 aromatic carbocycles. The Bertz CT molecular complexity index is 396. The van der Waals surface area contributed by atoms with Crippen LogP contribution < -0.4 is 5.32 Å². The minimum atomic E-state index is 0.102. The zero-order valence-corrected chi connectivity index (χ0v) is 7.04. The molecule has 3 N–H and O–H groups in total. The molecule has 1 heterocycles. The summed E-state index contributed by atoms with van der Waals surface area (Å²) in [6.07, 6.45) is 0. The van der Waals surface area contributed by atoms with Crippen LogP contribution in [0.2, 0.25) is 0 Å². The van der Waals surface area contributed by atoms with Crippen molar-refractivity contribution in [3.8, 4) is 0 Å². The molecule has 2 rings (SSSR count). The Morgan fingerprint density at radius 3 is 3.38 bits per heavy atom. The van der Waals surface area contributed by atoms with Crippen LogP contribution in [0.25, 0.3) is 10.9 Å². The van der Waals surface area contributed by atoms with Gasteiger partial charge in [0, 0.05) is 11.9 Å². The molecule has 0 unspecified atom stereocenters. The van der Waals surface area contributed by atoms with Crippen molar-refractivity contribution in [2.24, 2.45) is 0 Å². The first-order valence-electron chi connectivity index (χ1n) is 4.11. The molecule has 4 nitrogen and oxygen atoms in total. The lowest BCUT2D eigenvalue weighted by Gasteiger charge is -1.98. The van der Waals surface area contributed by atoms with Crippen LogP contribution in [-0.4, -0.2) is 28.5 Å². The average Bonchev–Trinajstić information content (AvgIpc) is 2.58. The van der Waals surface area contributed by atoms with E-state index in [0.29, 0.717) is 6.54 Å². The standard InChI is InChI=1S/C9H10N3O/c13-6-5-10-9-7-3-1-2-4-8(7)11-12-9/h2-4,13H,5-6H2,(H2,10,11,12). The lowest BCUT2D eigenvalue weighted by atomic mass is 10.2. The summed E-state index contributed by atoms with van der Waals surface area (Å²) in [5.74, 6) is 0.765. The van der Waals surface area contributed by atoms with Gasteiger partial charge < -0.3 is 10.4 Å². The molecule has 0 atom stereocenters. The first kappa shape index (κ1) is 8.07. The van der Waals surface area contributed by atoms with Crippen LogP contribution in [0.3, 0.4) is 0 Å². The monoisotopic (exact) mass is 176 g/mol. The Morgan fingerprint density at radius 1 is 1.62 bits per heavy atom. The maximum absolute atomic E-state index is 8.63. The second kappa shape index (κ2) is 3.45. The summed E-state index contributed by atoms with van der Waals surface area (Å²) >= 11 is 0. The van der Waals surface area contributed by atoms with E-state index in [-0.39, 0.29) is 6.61 Å². The van der Waals surface area contributed by atoms with Crippen molar-refractivity contribution in [2.75, 3.05) is 18.5 Å². The molecule has 0 amide bonds. The van der Waals surface area contributed by atoms with Crippen molar-refractivity contribution in [1.29, 1.82) is 0 Å². The first-order chi connectivity index (χ1) is 6.42. The van der Waals surface area contributed by atoms with Crippen molar-refractivity contribution in [3.05, 3.63) is 24.3 Å². The van der Waals surface area contributed by atoms with Gasteiger partial charge in [-0.1, -0.05) is 6.07 Å². The SMILES string of the molecule is OCCNc1n[nH]c2cc[c]cc12. The van der Waals surface area contributed by atoms with Crippen LogP contribution in [-0.2, 0) is 0 Å². The number of fused-ring (bicyclic) bond motifs is 1. The Morgan fingerprint density at radius 2 is 2.54 bits per heavy atom. The van der Waals surface area contributed by atoms with Gasteiger partial charge >= 0.3 is 0 Å². The molecule has 0 saturated carbocycles. The van der Waals surface area contributed by atoms with Gasteiger partial charge in [-0.15, -0.1) is 0 Å². The first-order valence-corrected chi connectivity index (χ1v) is 4.11. The summed E-state index contributed by atoms with van der Waals surface area (Å²) in [6, 6.07) is 8.57. The van der Waals surface area contributed by atoms with E-state index < -0.39 is 0 Å². The van der Waals surface area contributed by atoms with Crippen LogP contribution in [0, 0.1) is 6.07 Å². The number of benzene rings is 1. The van der Waals surface area contributed by atoms with Crippen molar-refractivity contribution < 1.29 is 5.11 Å². The summed E-state index contributed by atoms with van der Waals surface area (Å²) in [5.41, 5.74) is 0.971. The van der Waals surface area contributed by atoms with Crippen molar-refractivity contribution in [2.45, 2.75) is 0 Å². The van der Waals surface area contributed by atoms with E-state index in [1.54, 1.807) is 0 Å². The second-order valence-corrected chi connectivity index (χ2v) is 2.69. The van der Waals surface area contributed by atoms with Crippen LogP contribution in [0.5, 0.6) is 0 Å². The maximum atomic E-state index is 8.63.